The molecule has 3 N–H and O–H groups in total. The standard InChI is InChI=1S/C18H30N6O2S/c1-14-22-15-9-6-7-10-16(15)24(14)12-8-11-20-17(19-4)21-13-18(2,3)23-27(5,25)26/h6-7,9-10,23H,8,11-13H2,1-5H3,(H2,19,20,21). The molecule has 1 heterocycles. The van der Waals surface area contributed by atoms with Gasteiger partial charge in [0.15, 0.2) is 5.96 Å². The molecule has 1 aromatic heterocycles. The number of para-hydroxylation sites is 2. The lowest BCUT2D eigenvalue weighted by Crippen LogP contribution is -2.53. The number of rotatable bonds is 8. The highest BCUT2D eigenvalue weighted by Crippen LogP contribution is 2.15. The van der Waals surface area contributed by atoms with Crippen molar-refractivity contribution in [3.8, 4) is 0 Å². The zero-order chi connectivity index (χ0) is 20.1. The van der Waals surface area contributed by atoms with Gasteiger partial charge in [-0.2, -0.15) is 0 Å². The van der Waals surface area contributed by atoms with Crippen LogP contribution in [0.5, 0.6) is 0 Å². The summed E-state index contributed by atoms with van der Waals surface area (Å²) in [7, 11) is -1.57. The predicted molar refractivity (Wildman–Crippen MR) is 111 cm³/mol. The molecule has 0 saturated heterocycles. The Morgan fingerprint density at radius 1 is 1.26 bits per heavy atom. The summed E-state index contributed by atoms with van der Waals surface area (Å²) in [5.74, 6) is 1.65. The van der Waals surface area contributed by atoms with Gasteiger partial charge in [0, 0.05) is 32.2 Å². The highest BCUT2D eigenvalue weighted by atomic mass is 32.2. The zero-order valence-electron chi connectivity index (χ0n) is 16.7. The number of aliphatic imine (C=N–C) groups is 1. The van der Waals surface area contributed by atoms with Crippen LogP contribution in [0.1, 0.15) is 26.1 Å². The molecule has 1 aromatic carbocycles. The van der Waals surface area contributed by atoms with Crippen LogP contribution in [0.25, 0.3) is 11.0 Å². The predicted octanol–water partition coefficient (Wildman–Crippen LogP) is 1.23. The van der Waals surface area contributed by atoms with E-state index in [1.807, 2.05) is 39.0 Å². The van der Waals surface area contributed by atoms with Gasteiger partial charge < -0.3 is 15.2 Å². The maximum atomic E-state index is 11.4. The lowest BCUT2D eigenvalue weighted by Gasteiger charge is -2.26. The van der Waals surface area contributed by atoms with E-state index in [4.69, 9.17) is 0 Å². The van der Waals surface area contributed by atoms with E-state index < -0.39 is 15.6 Å². The summed E-state index contributed by atoms with van der Waals surface area (Å²) in [6.45, 7) is 7.68. The number of fused-ring (bicyclic) bond motifs is 1. The van der Waals surface area contributed by atoms with Gasteiger partial charge in [0.1, 0.15) is 5.82 Å². The second-order valence-corrected chi connectivity index (χ2v) is 9.01. The molecule has 0 spiro atoms. The van der Waals surface area contributed by atoms with Gasteiger partial charge in [-0.3, -0.25) is 4.99 Å². The molecular weight excluding hydrogens is 364 g/mol. The normalized spacial score (nSPS) is 13.1. The maximum absolute atomic E-state index is 11.4. The van der Waals surface area contributed by atoms with E-state index in [0.29, 0.717) is 12.5 Å². The van der Waals surface area contributed by atoms with Gasteiger partial charge in [0.2, 0.25) is 10.0 Å². The third-order valence-corrected chi connectivity index (χ3v) is 5.00. The molecule has 27 heavy (non-hydrogen) atoms. The number of aromatic nitrogens is 2. The minimum Gasteiger partial charge on any atom is -0.356 e. The molecule has 0 atom stereocenters. The number of benzene rings is 1. The second-order valence-electron chi connectivity index (χ2n) is 7.26. The van der Waals surface area contributed by atoms with E-state index >= 15 is 0 Å². The number of guanidine groups is 1. The molecule has 0 unspecified atom stereocenters. The fourth-order valence-corrected chi connectivity index (χ4v) is 4.06. The maximum Gasteiger partial charge on any atom is 0.209 e. The summed E-state index contributed by atoms with van der Waals surface area (Å²) in [6.07, 6.45) is 2.07. The number of imidazole rings is 1. The second kappa shape index (κ2) is 8.71. The third kappa shape index (κ3) is 6.51. The van der Waals surface area contributed by atoms with Gasteiger partial charge in [-0.05, 0) is 39.3 Å². The SMILES string of the molecule is CN=C(NCCCn1c(C)nc2ccccc21)NCC(C)(C)NS(C)(=O)=O. The molecule has 150 valence electrons. The number of sulfonamides is 1. The van der Waals surface area contributed by atoms with Gasteiger partial charge in [-0.1, -0.05) is 12.1 Å². The van der Waals surface area contributed by atoms with Gasteiger partial charge in [0.25, 0.3) is 0 Å². The minimum absolute atomic E-state index is 0.422. The van der Waals surface area contributed by atoms with Gasteiger partial charge in [-0.15, -0.1) is 0 Å². The van der Waals surface area contributed by atoms with Crippen LogP contribution in [0.15, 0.2) is 29.3 Å². The van der Waals surface area contributed by atoms with Crippen molar-refractivity contribution >= 4 is 27.0 Å². The molecule has 0 amide bonds. The first-order valence-corrected chi connectivity index (χ1v) is 10.9. The molecule has 0 aliphatic carbocycles. The molecule has 0 aliphatic heterocycles. The van der Waals surface area contributed by atoms with Gasteiger partial charge in [-0.25, -0.2) is 18.1 Å². The van der Waals surface area contributed by atoms with Crippen molar-refractivity contribution in [1.29, 1.82) is 0 Å². The third-order valence-electron chi connectivity index (χ3n) is 4.08. The van der Waals surface area contributed by atoms with Crippen LogP contribution in [0.4, 0.5) is 0 Å². The topological polar surface area (TPSA) is 100 Å². The summed E-state index contributed by atoms with van der Waals surface area (Å²) in [4.78, 5) is 8.77. The molecule has 0 aliphatic rings. The Kier molecular flexibility index (Phi) is 6.83. The Hall–Kier alpha value is -2.13. The molecule has 0 bridgehead atoms. The smallest absolute Gasteiger partial charge is 0.209 e. The Balaban J connectivity index is 1.82. The van der Waals surface area contributed by atoms with Crippen LogP contribution >= 0.6 is 0 Å². The first-order chi connectivity index (χ1) is 12.6. The quantitative estimate of drug-likeness (QED) is 0.355. The molecular formula is C18H30N6O2S. The molecule has 0 radical (unpaired) electrons. The average Bonchev–Trinajstić information content (AvgIpc) is 2.87. The number of aryl methyl sites for hydroxylation is 2. The van der Waals surface area contributed by atoms with Crippen LogP contribution in [0.3, 0.4) is 0 Å². The fraction of sp³-hybridized carbons (Fsp3) is 0.556. The highest BCUT2D eigenvalue weighted by Gasteiger charge is 2.22. The van der Waals surface area contributed by atoms with Crippen molar-refractivity contribution in [2.75, 3.05) is 26.4 Å². The van der Waals surface area contributed by atoms with Crippen LogP contribution in [-0.4, -0.2) is 55.9 Å². The lowest BCUT2D eigenvalue weighted by molar-refractivity contribution is 0.446. The molecule has 8 nitrogen and oxygen atoms in total. The van der Waals surface area contributed by atoms with E-state index in [1.165, 1.54) is 0 Å². The zero-order valence-corrected chi connectivity index (χ0v) is 17.5. The number of nitrogens with one attached hydrogen (secondary N) is 3. The summed E-state index contributed by atoms with van der Waals surface area (Å²) >= 11 is 0. The molecule has 0 saturated carbocycles. The molecule has 0 fully saturated rings. The first kappa shape index (κ1) is 21.2. The summed E-state index contributed by atoms with van der Waals surface area (Å²) in [5, 5.41) is 6.42. The Morgan fingerprint density at radius 2 is 1.96 bits per heavy atom. The van der Waals surface area contributed by atoms with Crippen LogP contribution in [0, 0.1) is 6.92 Å². The summed E-state index contributed by atoms with van der Waals surface area (Å²) < 4.78 is 27.6. The average molecular weight is 395 g/mol. The van der Waals surface area contributed by atoms with Gasteiger partial charge >= 0.3 is 0 Å². The highest BCUT2D eigenvalue weighted by molar-refractivity contribution is 7.88. The van der Waals surface area contributed by atoms with Crippen LogP contribution < -0.4 is 15.4 Å². The Bertz CT molecular complexity index is 902. The Morgan fingerprint density at radius 3 is 2.63 bits per heavy atom. The first-order valence-electron chi connectivity index (χ1n) is 8.97. The van der Waals surface area contributed by atoms with E-state index in [2.05, 4.69) is 36.0 Å². The van der Waals surface area contributed by atoms with E-state index in [9.17, 15) is 8.42 Å². The molecule has 2 rings (SSSR count). The monoisotopic (exact) mass is 394 g/mol. The fourth-order valence-electron chi connectivity index (χ4n) is 2.99. The minimum atomic E-state index is -3.26. The van der Waals surface area contributed by atoms with Crippen LogP contribution in [-0.2, 0) is 16.6 Å². The van der Waals surface area contributed by atoms with Crippen LogP contribution in [0.2, 0.25) is 0 Å². The molecule has 2 aromatic rings. The van der Waals surface area contributed by atoms with Crippen molar-refractivity contribution in [3.63, 3.8) is 0 Å². The Labute approximate surface area is 161 Å². The van der Waals surface area contributed by atoms with Crippen molar-refractivity contribution < 1.29 is 8.42 Å². The van der Waals surface area contributed by atoms with E-state index in [-0.39, 0.29) is 0 Å². The van der Waals surface area contributed by atoms with Gasteiger partial charge in [0.05, 0.1) is 17.3 Å². The van der Waals surface area contributed by atoms with Crippen molar-refractivity contribution in [2.24, 2.45) is 4.99 Å². The summed E-state index contributed by atoms with van der Waals surface area (Å²) in [6, 6.07) is 8.13. The van der Waals surface area contributed by atoms with E-state index in [0.717, 1.165) is 42.6 Å². The van der Waals surface area contributed by atoms with Crippen molar-refractivity contribution in [3.05, 3.63) is 30.1 Å². The number of nitrogens with zero attached hydrogens (tertiary/aromatic N) is 3. The lowest BCUT2D eigenvalue weighted by atomic mass is 10.1. The molecule has 9 heteroatoms. The van der Waals surface area contributed by atoms with E-state index in [1.54, 1.807) is 7.05 Å². The number of hydrogen-bond acceptors (Lipinski definition) is 4. The number of hydrogen-bond donors (Lipinski definition) is 3. The van der Waals surface area contributed by atoms with Crippen molar-refractivity contribution in [1.82, 2.24) is 24.9 Å². The largest absolute Gasteiger partial charge is 0.356 e. The summed E-state index contributed by atoms with van der Waals surface area (Å²) in [5.41, 5.74) is 1.55. The van der Waals surface area contributed by atoms with Crippen molar-refractivity contribution in [2.45, 2.75) is 39.3 Å².